The third-order valence-electron chi connectivity index (χ3n) is 16.4. The molecular formula is C70H102O. The molecule has 0 unspecified atom stereocenters. The number of fused-ring (bicyclic) bond motifs is 4. The van der Waals surface area contributed by atoms with Gasteiger partial charge < -0.3 is 4.74 Å². The van der Waals surface area contributed by atoms with E-state index < -0.39 is 0 Å². The van der Waals surface area contributed by atoms with Crippen LogP contribution in [0.5, 0.6) is 11.5 Å². The topological polar surface area (TPSA) is 9.23 Å². The van der Waals surface area contributed by atoms with Crippen molar-refractivity contribution in [2.24, 2.45) is 0 Å². The van der Waals surface area contributed by atoms with Crippen LogP contribution in [0.25, 0.3) is 43.1 Å². The van der Waals surface area contributed by atoms with Gasteiger partial charge in [-0.1, -0.05) is 280 Å². The Morgan fingerprint density at radius 2 is 0.493 bits per heavy atom. The number of aryl methyl sites for hydroxylation is 6. The van der Waals surface area contributed by atoms with E-state index in [1.807, 2.05) is 0 Å². The zero-order valence-corrected chi connectivity index (χ0v) is 46.8. The molecule has 0 spiro atoms. The van der Waals surface area contributed by atoms with Crippen molar-refractivity contribution in [3.05, 3.63) is 106 Å². The molecule has 6 aromatic carbocycles. The Labute approximate surface area is 436 Å². The second-order valence-corrected chi connectivity index (χ2v) is 22.3. The second-order valence-electron chi connectivity index (χ2n) is 22.3. The van der Waals surface area contributed by atoms with Crippen LogP contribution in [-0.4, -0.2) is 0 Å². The van der Waals surface area contributed by atoms with Crippen LogP contribution in [0.1, 0.15) is 267 Å². The first-order valence-corrected chi connectivity index (χ1v) is 30.6. The van der Waals surface area contributed by atoms with Crippen molar-refractivity contribution in [1.82, 2.24) is 0 Å². The molecule has 0 N–H and O–H groups in total. The lowest BCUT2D eigenvalue weighted by molar-refractivity contribution is 0.485. The molecule has 0 atom stereocenters. The van der Waals surface area contributed by atoms with Crippen LogP contribution in [0.3, 0.4) is 0 Å². The van der Waals surface area contributed by atoms with Crippen molar-refractivity contribution in [2.75, 3.05) is 0 Å². The van der Waals surface area contributed by atoms with Crippen LogP contribution < -0.4 is 4.74 Å². The lowest BCUT2D eigenvalue weighted by Crippen LogP contribution is -2.03. The van der Waals surface area contributed by atoms with Gasteiger partial charge in [-0.05, 0) is 131 Å². The minimum absolute atomic E-state index is 1.09. The number of unbranched alkanes of at least 4 members (excludes halogenated alkanes) is 28. The molecule has 0 saturated carbocycles. The van der Waals surface area contributed by atoms with Crippen LogP contribution in [0.4, 0.5) is 0 Å². The Balaban J connectivity index is 1.44. The first kappa shape index (κ1) is 56.5. The van der Waals surface area contributed by atoms with Gasteiger partial charge in [-0.3, -0.25) is 0 Å². The normalized spacial score (nSPS) is 11.9. The summed E-state index contributed by atoms with van der Waals surface area (Å²) in [5, 5.41) is 11.5. The first-order chi connectivity index (χ1) is 35.0. The Hall–Kier alpha value is -3.84. The Bertz CT molecular complexity index is 2280. The summed E-state index contributed by atoms with van der Waals surface area (Å²) in [6, 6.07) is 28.7. The molecule has 0 bridgehead atoms. The molecule has 0 fully saturated rings. The SMILES string of the molecule is CCCCCCCCCCc1c2ccccc2c(CCCCCCCCCC)c2c(Oc3c(C)ccc4c(CCCCCCCCCC)c5ccccc5c(CCCCCCCCCC)c34)c(C)ccc12. The highest BCUT2D eigenvalue weighted by molar-refractivity contribution is 6.11. The van der Waals surface area contributed by atoms with Gasteiger partial charge in [-0.25, -0.2) is 0 Å². The van der Waals surface area contributed by atoms with E-state index >= 15 is 0 Å². The van der Waals surface area contributed by atoms with Crippen LogP contribution in [0.15, 0.2) is 72.8 Å². The molecule has 6 rings (SSSR count). The molecular weight excluding hydrogens is 857 g/mol. The number of rotatable bonds is 38. The van der Waals surface area contributed by atoms with Crippen LogP contribution in [-0.2, 0) is 25.7 Å². The summed E-state index contributed by atoms with van der Waals surface area (Å²) in [5.41, 5.74) is 8.60. The summed E-state index contributed by atoms with van der Waals surface area (Å²) in [6.45, 7) is 13.9. The van der Waals surface area contributed by atoms with Crippen LogP contribution in [0.2, 0.25) is 0 Å². The molecule has 0 aromatic heterocycles. The fraction of sp³-hybridized carbons (Fsp3) is 0.600. The highest BCUT2D eigenvalue weighted by atomic mass is 16.5. The van der Waals surface area contributed by atoms with Crippen molar-refractivity contribution in [3.8, 4) is 11.5 Å². The lowest BCUT2D eigenvalue weighted by atomic mass is 9.85. The first-order valence-electron chi connectivity index (χ1n) is 30.6. The number of hydrogen-bond acceptors (Lipinski definition) is 1. The van der Waals surface area contributed by atoms with Gasteiger partial charge in [-0.15, -0.1) is 0 Å². The van der Waals surface area contributed by atoms with E-state index in [0.717, 1.165) is 37.2 Å². The van der Waals surface area contributed by atoms with E-state index in [0.29, 0.717) is 0 Å². The van der Waals surface area contributed by atoms with Gasteiger partial charge >= 0.3 is 0 Å². The minimum Gasteiger partial charge on any atom is -0.455 e. The third kappa shape index (κ3) is 16.6. The highest BCUT2D eigenvalue weighted by Crippen LogP contribution is 2.47. The molecule has 0 aliphatic carbocycles. The summed E-state index contributed by atoms with van der Waals surface area (Å²) in [4.78, 5) is 0. The molecule has 0 amide bonds. The predicted octanol–water partition coefficient (Wildman–Crippen LogP) is 23.4. The molecule has 71 heavy (non-hydrogen) atoms. The molecule has 0 heterocycles. The minimum atomic E-state index is 1.09. The molecule has 1 nitrogen and oxygen atoms in total. The zero-order chi connectivity index (χ0) is 49.9. The molecule has 388 valence electrons. The predicted molar refractivity (Wildman–Crippen MR) is 318 cm³/mol. The van der Waals surface area contributed by atoms with Gasteiger partial charge in [0.05, 0.1) is 0 Å². The number of benzene rings is 6. The molecule has 0 radical (unpaired) electrons. The molecule has 0 aliphatic rings. The van der Waals surface area contributed by atoms with Crippen molar-refractivity contribution in [2.45, 2.75) is 273 Å². The van der Waals surface area contributed by atoms with E-state index in [4.69, 9.17) is 4.74 Å². The largest absolute Gasteiger partial charge is 0.455 e. The molecule has 0 saturated heterocycles. The molecule has 1 heteroatoms. The second kappa shape index (κ2) is 32.4. The summed E-state index contributed by atoms with van der Waals surface area (Å²) in [5.74, 6) is 2.21. The maximum absolute atomic E-state index is 7.90. The van der Waals surface area contributed by atoms with Crippen molar-refractivity contribution in [1.29, 1.82) is 0 Å². The van der Waals surface area contributed by atoms with Crippen molar-refractivity contribution < 1.29 is 4.74 Å². The van der Waals surface area contributed by atoms with Gasteiger partial charge in [0, 0.05) is 10.8 Å². The summed E-state index contributed by atoms with van der Waals surface area (Å²) >= 11 is 0. The zero-order valence-electron chi connectivity index (χ0n) is 46.8. The maximum Gasteiger partial charge on any atom is 0.138 e. The average molecular weight is 960 g/mol. The van der Waals surface area contributed by atoms with Crippen LogP contribution >= 0.6 is 0 Å². The number of hydrogen-bond donors (Lipinski definition) is 0. The van der Waals surface area contributed by atoms with E-state index in [9.17, 15) is 0 Å². The third-order valence-corrected chi connectivity index (χ3v) is 16.4. The smallest absolute Gasteiger partial charge is 0.138 e. The standard InChI is InChI=1S/C70H102O/c1-7-11-15-19-23-27-31-35-43-61-57-45-39-41-47-59(57)63(49-37-33-29-25-21-17-13-9-3)67-65(61)53-51-55(5)69(67)71-70-56(6)52-54-66-62(44-36-32-28-24-20-16-12-8-2)58-46-40-42-48-60(58)64(68(66)70)50-38-34-30-26-22-18-14-10-4/h39-42,45-48,51-54H,7-38,43-44,49-50H2,1-6H3. The Morgan fingerprint density at radius 3 is 0.775 bits per heavy atom. The fourth-order valence-electron chi connectivity index (χ4n) is 12.2. The van der Waals surface area contributed by atoms with E-state index in [1.165, 1.54) is 282 Å². The lowest BCUT2D eigenvalue weighted by Gasteiger charge is -2.24. The van der Waals surface area contributed by atoms with Gasteiger partial charge in [0.25, 0.3) is 0 Å². The number of ether oxygens (including phenoxy) is 1. The van der Waals surface area contributed by atoms with Gasteiger partial charge in [0.2, 0.25) is 0 Å². The van der Waals surface area contributed by atoms with E-state index in [1.54, 1.807) is 0 Å². The molecule has 6 aromatic rings. The monoisotopic (exact) mass is 959 g/mol. The summed E-state index contributed by atoms with van der Waals surface area (Å²) in [6.07, 6.45) is 47.3. The Kier molecular flexibility index (Phi) is 25.7. The van der Waals surface area contributed by atoms with E-state index in [-0.39, 0.29) is 0 Å². The summed E-state index contributed by atoms with van der Waals surface area (Å²) < 4.78 is 7.90. The Morgan fingerprint density at radius 1 is 0.254 bits per heavy atom. The highest BCUT2D eigenvalue weighted by Gasteiger charge is 2.23. The van der Waals surface area contributed by atoms with E-state index in [2.05, 4.69) is 114 Å². The van der Waals surface area contributed by atoms with Crippen molar-refractivity contribution >= 4 is 43.1 Å². The molecule has 0 aliphatic heterocycles. The van der Waals surface area contributed by atoms with Crippen LogP contribution in [0, 0.1) is 13.8 Å². The maximum atomic E-state index is 7.90. The summed E-state index contributed by atoms with van der Waals surface area (Å²) in [7, 11) is 0. The van der Waals surface area contributed by atoms with Crippen molar-refractivity contribution in [3.63, 3.8) is 0 Å². The van der Waals surface area contributed by atoms with Gasteiger partial charge in [0.15, 0.2) is 0 Å². The fourth-order valence-corrected chi connectivity index (χ4v) is 12.2. The van der Waals surface area contributed by atoms with Gasteiger partial charge in [-0.2, -0.15) is 0 Å². The van der Waals surface area contributed by atoms with Gasteiger partial charge in [0.1, 0.15) is 11.5 Å². The average Bonchev–Trinajstić information content (AvgIpc) is 3.39. The quantitative estimate of drug-likeness (QED) is 0.0278.